The van der Waals surface area contributed by atoms with Gasteiger partial charge in [-0.25, -0.2) is 4.68 Å². The van der Waals surface area contributed by atoms with Crippen molar-refractivity contribution in [3.63, 3.8) is 0 Å². The standard InChI is InChI=1S/C11H10Cl2N2O/c1-7-8(6-16)5-15(14-7)11-4-9(12)2-3-10(11)13/h2-5,16H,6H2,1H3. The van der Waals surface area contributed by atoms with Crippen LogP contribution in [0.4, 0.5) is 0 Å². The summed E-state index contributed by atoms with van der Waals surface area (Å²) in [5, 5.41) is 14.5. The number of hydrogen-bond donors (Lipinski definition) is 1. The predicted octanol–water partition coefficient (Wildman–Crippen LogP) is 2.98. The van der Waals surface area contributed by atoms with Gasteiger partial charge in [0.25, 0.3) is 0 Å². The van der Waals surface area contributed by atoms with Crippen molar-refractivity contribution in [1.82, 2.24) is 9.78 Å². The van der Waals surface area contributed by atoms with E-state index in [1.807, 2.05) is 6.92 Å². The van der Waals surface area contributed by atoms with E-state index in [1.165, 1.54) is 0 Å². The first-order valence-electron chi connectivity index (χ1n) is 4.73. The highest BCUT2D eigenvalue weighted by molar-refractivity contribution is 6.34. The summed E-state index contributed by atoms with van der Waals surface area (Å²) in [6.45, 7) is 1.80. The van der Waals surface area contributed by atoms with E-state index < -0.39 is 0 Å². The molecule has 5 heteroatoms. The number of halogens is 2. The fourth-order valence-corrected chi connectivity index (χ4v) is 1.81. The third-order valence-electron chi connectivity index (χ3n) is 2.33. The molecule has 0 saturated carbocycles. The molecule has 2 aromatic rings. The van der Waals surface area contributed by atoms with Crippen LogP contribution < -0.4 is 0 Å². The molecule has 1 heterocycles. The molecule has 0 aliphatic rings. The van der Waals surface area contributed by atoms with Crippen molar-refractivity contribution >= 4 is 23.2 Å². The lowest BCUT2D eigenvalue weighted by Gasteiger charge is -2.04. The number of rotatable bonds is 2. The molecule has 0 saturated heterocycles. The molecule has 0 bridgehead atoms. The van der Waals surface area contributed by atoms with Crippen molar-refractivity contribution in [1.29, 1.82) is 0 Å². The smallest absolute Gasteiger partial charge is 0.0846 e. The molecule has 1 N–H and O–H groups in total. The Balaban J connectivity index is 2.53. The van der Waals surface area contributed by atoms with Gasteiger partial charge in [-0.3, -0.25) is 0 Å². The Bertz CT molecular complexity index is 523. The Morgan fingerprint density at radius 2 is 2.12 bits per heavy atom. The minimum Gasteiger partial charge on any atom is -0.392 e. The van der Waals surface area contributed by atoms with Gasteiger partial charge in [-0.1, -0.05) is 23.2 Å². The number of aryl methyl sites for hydroxylation is 1. The monoisotopic (exact) mass is 256 g/mol. The van der Waals surface area contributed by atoms with Crippen LogP contribution >= 0.6 is 23.2 Å². The van der Waals surface area contributed by atoms with Gasteiger partial charge in [-0.15, -0.1) is 0 Å². The molecule has 0 fully saturated rings. The van der Waals surface area contributed by atoms with Crippen LogP contribution in [-0.4, -0.2) is 14.9 Å². The predicted molar refractivity (Wildman–Crippen MR) is 64.2 cm³/mol. The zero-order chi connectivity index (χ0) is 11.7. The lowest BCUT2D eigenvalue weighted by Crippen LogP contribution is -1.95. The SMILES string of the molecule is Cc1nn(-c2cc(Cl)ccc2Cl)cc1CO. The number of benzene rings is 1. The third-order valence-corrected chi connectivity index (χ3v) is 2.88. The number of aliphatic hydroxyl groups is 1. The maximum atomic E-state index is 9.09. The van der Waals surface area contributed by atoms with Crippen molar-refractivity contribution in [2.24, 2.45) is 0 Å². The molecule has 0 aliphatic carbocycles. The summed E-state index contributed by atoms with van der Waals surface area (Å²) in [6.07, 6.45) is 1.74. The van der Waals surface area contributed by atoms with Crippen molar-refractivity contribution in [3.05, 3.63) is 45.7 Å². The maximum Gasteiger partial charge on any atom is 0.0846 e. The third kappa shape index (κ3) is 2.07. The maximum absolute atomic E-state index is 9.09. The van der Waals surface area contributed by atoms with Gasteiger partial charge in [0, 0.05) is 16.8 Å². The van der Waals surface area contributed by atoms with Gasteiger partial charge in [0.15, 0.2) is 0 Å². The first-order valence-corrected chi connectivity index (χ1v) is 5.49. The highest BCUT2D eigenvalue weighted by atomic mass is 35.5. The second kappa shape index (κ2) is 4.45. The number of aliphatic hydroxyl groups excluding tert-OH is 1. The normalized spacial score (nSPS) is 10.8. The van der Waals surface area contributed by atoms with Gasteiger partial charge in [-0.05, 0) is 25.1 Å². The number of hydrogen-bond acceptors (Lipinski definition) is 2. The first kappa shape index (κ1) is 11.5. The van der Waals surface area contributed by atoms with E-state index in [1.54, 1.807) is 29.1 Å². The molecular weight excluding hydrogens is 247 g/mol. The molecule has 0 radical (unpaired) electrons. The van der Waals surface area contributed by atoms with E-state index in [4.69, 9.17) is 28.3 Å². The number of aromatic nitrogens is 2. The zero-order valence-electron chi connectivity index (χ0n) is 8.61. The fourth-order valence-electron chi connectivity index (χ4n) is 1.44. The van der Waals surface area contributed by atoms with Crippen molar-refractivity contribution in [2.75, 3.05) is 0 Å². The molecule has 16 heavy (non-hydrogen) atoms. The summed E-state index contributed by atoms with van der Waals surface area (Å²) in [4.78, 5) is 0. The summed E-state index contributed by atoms with van der Waals surface area (Å²) in [5.74, 6) is 0. The summed E-state index contributed by atoms with van der Waals surface area (Å²) in [7, 11) is 0. The average molecular weight is 257 g/mol. The molecule has 0 atom stereocenters. The van der Waals surface area contributed by atoms with Gasteiger partial charge >= 0.3 is 0 Å². The highest BCUT2D eigenvalue weighted by Gasteiger charge is 2.08. The van der Waals surface area contributed by atoms with Gasteiger partial charge in [0.2, 0.25) is 0 Å². The minimum absolute atomic E-state index is 0.0377. The number of nitrogens with zero attached hydrogens (tertiary/aromatic N) is 2. The molecule has 3 nitrogen and oxygen atoms in total. The van der Waals surface area contributed by atoms with Gasteiger partial charge < -0.3 is 5.11 Å². The summed E-state index contributed by atoms with van der Waals surface area (Å²) in [5.41, 5.74) is 2.26. The molecule has 1 aromatic heterocycles. The van der Waals surface area contributed by atoms with Crippen LogP contribution in [0.15, 0.2) is 24.4 Å². The summed E-state index contributed by atoms with van der Waals surface area (Å²) >= 11 is 12.0. The Kier molecular flexibility index (Phi) is 3.19. The molecular formula is C11H10Cl2N2O. The van der Waals surface area contributed by atoms with E-state index >= 15 is 0 Å². The van der Waals surface area contributed by atoms with Crippen LogP contribution in [0.2, 0.25) is 10.0 Å². The molecule has 0 amide bonds. The Labute approximate surface area is 103 Å². The minimum atomic E-state index is -0.0377. The first-order chi connectivity index (χ1) is 7.61. The van der Waals surface area contributed by atoms with Gasteiger partial charge in [0.05, 0.1) is 23.0 Å². The van der Waals surface area contributed by atoms with Crippen molar-refractivity contribution < 1.29 is 5.11 Å². The van der Waals surface area contributed by atoms with Crippen LogP contribution in [0.5, 0.6) is 0 Å². The molecule has 0 unspecified atom stereocenters. The molecule has 1 aromatic carbocycles. The Morgan fingerprint density at radius 3 is 2.75 bits per heavy atom. The summed E-state index contributed by atoms with van der Waals surface area (Å²) < 4.78 is 1.62. The average Bonchev–Trinajstić information content (AvgIpc) is 2.63. The Hall–Kier alpha value is -1.03. The highest BCUT2D eigenvalue weighted by Crippen LogP contribution is 2.24. The van der Waals surface area contributed by atoms with E-state index in [9.17, 15) is 0 Å². The topological polar surface area (TPSA) is 38.0 Å². The molecule has 84 valence electrons. The van der Waals surface area contributed by atoms with Crippen molar-refractivity contribution in [2.45, 2.75) is 13.5 Å². The zero-order valence-corrected chi connectivity index (χ0v) is 10.1. The van der Waals surface area contributed by atoms with Crippen LogP contribution in [-0.2, 0) is 6.61 Å². The fraction of sp³-hybridized carbons (Fsp3) is 0.182. The second-order valence-corrected chi connectivity index (χ2v) is 4.28. The summed E-state index contributed by atoms with van der Waals surface area (Å²) in [6, 6.07) is 5.17. The van der Waals surface area contributed by atoms with Gasteiger partial charge in [0.1, 0.15) is 0 Å². The van der Waals surface area contributed by atoms with E-state index in [-0.39, 0.29) is 6.61 Å². The van der Waals surface area contributed by atoms with E-state index in [0.717, 1.165) is 11.3 Å². The lowest BCUT2D eigenvalue weighted by atomic mass is 10.3. The Morgan fingerprint density at radius 1 is 1.38 bits per heavy atom. The largest absolute Gasteiger partial charge is 0.392 e. The molecule has 2 rings (SSSR count). The molecule has 0 spiro atoms. The lowest BCUT2D eigenvalue weighted by molar-refractivity contribution is 0.281. The van der Waals surface area contributed by atoms with E-state index in [2.05, 4.69) is 5.10 Å². The van der Waals surface area contributed by atoms with Gasteiger partial charge in [-0.2, -0.15) is 5.10 Å². The van der Waals surface area contributed by atoms with Crippen LogP contribution in [0.3, 0.4) is 0 Å². The van der Waals surface area contributed by atoms with Crippen LogP contribution in [0.25, 0.3) is 5.69 Å². The quantitative estimate of drug-likeness (QED) is 0.898. The van der Waals surface area contributed by atoms with Crippen LogP contribution in [0, 0.1) is 6.92 Å². The van der Waals surface area contributed by atoms with E-state index in [0.29, 0.717) is 15.7 Å². The van der Waals surface area contributed by atoms with Crippen molar-refractivity contribution in [3.8, 4) is 5.69 Å². The van der Waals surface area contributed by atoms with Crippen LogP contribution in [0.1, 0.15) is 11.3 Å². The second-order valence-electron chi connectivity index (χ2n) is 3.44. The molecule has 0 aliphatic heterocycles.